The van der Waals surface area contributed by atoms with E-state index in [4.69, 9.17) is 10.00 Å². The van der Waals surface area contributed by atoms with Gasteiger partial charge in [0.05, 0.1) is 11.6 Å². The molecule has 0 unspecified atom stereocenters. The summed E-state index contributed by atoms with van der Waals surface area (Å²) in [5, 5.41) is 8.85. The van der Waals surface area contributed by atoms with E-state index >= 15 is 0 Å². The molecule has 2 aromatic carbocycles. The van der Waals surface area contributed by atoms with Gasteiger partial charge in [-0.1, -0.05) is 35.9 Å². The lowest BCUT2D eigenvalue weighted by molar-refractivity contribution is 0.233. The first kappa shape index (κ1) is 15.1. The zero-order valence-corrected chi connectivity index (χ0v) is 12.5. The Labute approximate surface area is 126 Å². The zero-order valence-electron chi connectivity index (χ0n) is 12.5. The quantitative estimate of drug-likeness (QED) is 0.814. The van der Waals surface area contributed by atoms with E-state index in [0.717, 1.165) is 18.8 Å². The molecule has 0 radical (unpaired) electrons. The van der Waals surface area contributed by atoms with E-state index in [1.54, 1.807) is 12.1 Å². The first-order valence-electron chi connectivity index (χ1n) is 7.04. The predicted octanol–water partition coefficient (Wildman–Crippen LogP) is 3.38. The highest BCUT2D eigenvalue weighted by molar-refractivity contribution is 5.36. The van der Waals surface area contributed by atoms with E-state index in [9.17, 15) is 0 Å². The summed E-state index contributed by atoms with van der Waals surface area (Å²) in [4.78, 5) is 2.23. The zero-order chi connectivity index (χ0) is 15.1. The van der Waals surface area contributed by atoms with Gasteiger partial charge in [0.1, 0.15) is 12.4 Å². The lowest BCUT2D eigenvalue weighted by atomic mass is 10.1. The van der Waals surface area contributed by atoms with E-state index in [1.807, 2.05) is 12.1 Å². The van der Waals surface area contributed by atoms with Crippen LogP contribution in [-0.2, 0) is 6.54 Å². The van der Waals surface area contributed by atoms with E-state index in [-0.39, 0.29) is 0 Å². The molecule has 0 saturated carbocycles. The van der Waals surface area contributed by atoms with Gasteiger partial charge < -0.3 is 4.74 Å². The largest absolute Gasteiger partial charge is 0.492 e. The van der Waals surface area contributed by atoms with Gasteiger partial charge in [-0.3, -0.25) is 4.90 Å². The van der Waals surface area contributed by atoms with Gasteiger partial charge in [0, 0.05) is 13.1 Å². The molecule has 0 saturated heterocycles. The summed E-state index contributed by atoms with van der Waals surface area (Å²) in [5.41, 5.74) is 3.22. The van der Waals surface area contributed by atoms with Crippen molar-refractivity contribution < 1.29 is 4.74 Å². The average Bonchev–Trinajstić information content (AvgIpc) is 2.47. The Morgan fingerprint density at radius 2 is 1.95 bits per heavy atom. The Bertz CT molecular complexity index is 631. The molecule has 108 valence electrons. The highest BCUT2D eigenvalue weighted by atomic mass is 16.5. The van der Waals surface area contributed by atoms with Crippen LogP contribution in [0.3, 0.4) is 0 Å². The van der Waals surface area contributed by atoms with Crippen LogP contribution in [0.4, 0.5) is 0 Å². The third-order valence-corrected chi connectivity index (χ3v) is 3.24. The lowest BCUT2D eigenvalue weighted by Gasteiger charge is -2.17. The molecule has 0 spiro atoms. The minimum atomic E-state index is 0.608. The fraction of sp³-hybridized carbons (Fsp3) is 0.278. The minimum Gasteiger partial charge on any atom is -0.492 e. The summed E-state index contributed by atoms with van der Waals surface area (Å²) in [6.07, 6.45) is 0. The fourth-order valence-corrected chi connectivity index (χ4v) is 2.18. The van der Waals surface area contributed by atoms with Crippen LogP contribution in [-0.4, -0.2) is 25.1 Å². The van der Waals surface area contributed by atoms with Crippen LogP contribution in [0.15, 0.2) is 48.5 Å². The standard InChI is InChI=1S/C18H20N2O/c1-15-5-3-7-17(11-15)14-20(2)9-10-21-18-8-4-6-16(12-18)13-19/h3-8,11-12H,9-10,14H2,1-2H3. The molecule has 21 heavy (non-hydrogen) atoms. The Hall–Kier alpha value is -2.31. The third kappa shape index (κ3) is 4.94. The van der Waals surface area contributed by atoms with Crippen LogP contribution in [0.2, 0.25) is 0 Å². The minimum absolute atomic E-state index is 0.608. The Morgan fingerprint density at radius 3 is 2.71 bits per heavy atom. The summed E-state index contributed by atoms with van der Waals surface area (Å²) in [7, 11) is 2.08. The topological polar surface area (TPSA) is 36.3 Å². The molecule has 0 aliphatic carbocycles. The van der Waals surface area contributed by atoms with Crippen molar-refractivity contribution in [1.82, 2.24) is 4.90 Å². The molecule has 0 aromatic heterocycles. The van der Waals surface area contributed by atoms with E-state index < -0.39 is 0 Å². The monoisotopic (exact) mass is 280 g/mol. The number of nitrogens with zero attached hydrogens (tertiary/aromatic N) is 2. The smallest absolute Gasteiger partial charge is 0.120 e. The van der Waals surface area contributed by atoms with Gasteiger partial charge in [-0.2, -0.15) is 5.26 Å². The van der Waals surface area contributed by atoms with Crippen LogP contribution in [0.25, 0.3) is 0 Å². The van der Waals surface area contributed by atoms with Crippen molar-refractivity contribution in [3.05, 3.63) is 65.2 Å². The van der Waals surface area contributed by atoms with Crippen molar-refractivity contribution in [2.24, 2.45) is 0 Å². The van der Waals surface area contributed by atoms with Gasteiger partial charge in [-0.05, 0) is 37.7 Å². The number of nitriles is 1. The number of ether oxygens (including phenoxy) is 1. The van der Waals surface area contributed by atoms with E-state index in [0.29, 0.717) is 12.2 Å². The molecule has 3 nitrogen and oxygen atoms in total. The Morgan fingerprint density at radius 1 is 1.14 bits per heavy atom. The molecule has 0 amide bonds. The molecule has 3 heteroatoms. The van der Waals surface area contributed by atoms with Crippen molar-refractivity contribution in [2.75, 3.05) is 20.2 Å². The molecule has 2 rings (SSSR count). The highest BCUT2D eigenvalue weighted by Gasteiger charge is 2.02. The molecular weight excluding hydrogens is 260 g/mol. The Kier molecular flexibility index (Phi) is 5.36. The molecule has 0 N–H and O–H groups in total. The molecule has 0 aliphatic rings. The van der Waals surface area contributed by atoms with Gasteiger partial charge in [0.2, 0.25) is 0 Å². The Balaban J connectivity index is 1.79. The van der Waals surface area contributed by atoms with Crippen LogP contribution >= 0.6 is 0 Å². The van der Waals surface area contributed by atoms with Gasteiger partial charge in [0.25, 0.3) is 0 Å². The average molecular weight is 280 g/mol. The first-order valence-corrected chi connectivity index (χ1v) is 7.04. The highest BCUT2D eigenvalue weighted by Crippen LogP contribution is 2.12. The summed E-state index contributed by atoms with van der Waals surface area (Å²) in [6.45, 7) is 4.46. The molecular formula is C18H20N2O. The van der Waals surface area contributed by atoms with Crippen molar-refractivity contribution in [3.8, 4) is 11.8 Å². The summed E-state index contributed by atoms with van der Waals surface area (Å²) in [5.74, 6) is 0.748. The van der Waals surface area contributed by atoms with Gasteiger partial charge >= 0.3 is 0 Å². The third-order valence-electron chi connectivity index (χ3n) is 3.24. The second-order valence-electron chi connectivity index (χ2n) is 5.21. The summed E-state index contributed by atoms with van der Waals surface area (Å²) >= 11 is 0. The van der Waals surface area contributed by atoms with Crippen molar-refractivity contribution >= 4 is 0 Å². The fourth-order valence-electron chi connectivity index (χ4n) is 2.18. The number of likely N-dealkylation sites (N-methyl/N-ethyl adjacent to an activating group) is 1. The normalized spacial score (nSPS) is 10.4. The van der Waals surface area contributed by atoms with Crippen molar-refractivity contribution in [2.45, 2.75) is 13.5 Å². The molecule has 0 aliphatic heterocycles. The number of benzene rings is 2. The molecule has 0 heterocycles. The van der Waals surface area contributed by atoms with Crippen molar-refractivity contribution in [1.29, 1.82) is 5.26 Å². The second kappa shape index (κ2) is 7.47. The molecule has 2 aromatic rings. The molecule has 0 atom stereocenters. The van der Waals surface area contributed by atoms with E-state index in [2.05, 4.69) is 49.2 Å². The van der Waals surface area contributed by atoms with Crippen molar-refractivity contribution in [3.63, 3.8) is 0 Å². The van der Waals surface area contributed by atoms with Gasteiger partial charge in [0.15, 0.2) is 0 Å². The first-order chi connectivity index (χ1) is 10.2. The molecule has 0 fully saturated rings. The number of hydrogen-bond acceptors (Lipinski definition) is 3. The maximum Gasteiger partial charge on any atom is 0.120 e. The number of aryl methyl sites for hydroxylation is 1. The second-order valence-corrected chi connectivity index (χ2v) is 5.21. The summed E-state index contributed by atoms with van der Waals surface area (Å²) < 4.78 is 5.69. The number of hydrogen-bond donors (Lipinski definition) is 0. The maximum atomic E-state index is 8.85. The van der Waals surface area contributed by atoms with Crippen LogP contribution in [0.5, 0.6) is 5.75 Å². The van der Waals surface area contributed by atoms with E-state index in [1.165, 1.54) is 11.1 Å². The van der Waals surface area contributed by atoms with Gasteiger partial charge in [-0.25, -0.2) is 0 Å². The lowest BCUT2D eigenvalue weighted by Crippen LogP contribution is -2.23. The SMILES string of the molecule is Cc1cccc(CN(C)CCOc2cccc(C#N)c2)c1. The predicted molar refractivity (Wildman–Crippen MR) is 84.2 cm³/mol. The van der Waals surface area contributed by atoms with Crippen LogP contribution < -0.4 is 4.74 Å². The summed E-state index contributed by atoms with van der Waals surface area (Å²) in [6, 6.07) is 17.9. The number of rotatable bonds is 6. The van der Waals surface area contributed by atoms with Gasteiger partial charge in [-0.15, -0.1) is 0 Å². The van der Waals surface area contributed by atoms with Crippen LogP contribution in [0, 0.1) is 18.3 Å². The maximum absolute atomic E-state index is 8.85. The molecule has 0 bridgehead atoms. The van der Waals surface area contributed by atoms with Crippen LogP contribution in [0.1, 0.15) is 16.7 Å².